The zero-order chi connectivity index (χ0) is 19.9. The van der Waals surface area contributed by atoms with Crippen LogP contribution in [-0.4, -0.2) is 54.8 Å². The van der Waals surface area contributed by atoms with Gasteiger partial charge in [0.05, 0.1) is 31.6 Å². The summed E-state index contributed by atoms with van der Waals surface area (Å²) in [5, 5.41) is 2.41. The lowest BCUT2D eigenvalue weighted by Gasteiger charge is -2.20. The van der Waals surface area contributed by atoms with Gasteiger partial charge in [0.2, 0.25) is 5.91 Å². The fourth-order valence-electron chi connectivity index (χ4n) is 2.08. The van der Waals surface area contributed by atoms with Crippen LogP contribution in [0.25, 0.3) is 0 Å². The number of esters is 3. The SMILES string of the molecule is CCOC(=O)CCSC(CCC(C(=O)OCC)C(=O)OCC)NC(C)=O. The molecular weight excluding hydrogens is 362 g/mol. The molecule has 0 rings (SSSR count). The van der Waals surface area contributed by atoms with Gasteiger partial charge < -0.3 is 19.5 Å². The van der Waals surface area contributed by atoms with Gasteiger partial charge in [0.15, 0.2) is 5.92 Å². The third kappa shape index (κ3) is 11.0. The van der Waals surface area contributed by atoms with Crippen molar-refractivity contribution >= 4 is 35.6 Å². The largest absolute Gasteiger partial charge is 0.466 e. The van der Waals surface area contributed by atoms with Crippen LogP contribution < -0.4 is 5.32 Å². The van der Waals surface area contributed by atoms with E-state index < -0.39 is 17.9 Å². The monoisotopic (exact) mass is 391 g/mol. The van der Waals surface area contributed by atoms with E-state index in [1.54, 1.807) is 20.8 Å². The van der Waals surface area contributed by atoms with E-state index in [9.17, 15) is 19.2 Å². The predicted octanol–water partition coefficient (Wildman–Crippen LogP) is 1.66. The molecule has 0 fully saturated rings. The van der Waals surface area contributed by atoms with Crippen molar-refractivity contribution in [1.29, 1.82) is 0 Å². The molecule has 0 aliphatic carbocycles. The molecule has 150 valence electrons. The van der Waals surface area contributed by atoms with Gasteiger partial charge in [-0.15, -0.1) is 11.8 Å². The lowest BCUT2D eigenvalue weighted by Crippen LogP contribution is -2.34. The Hall–Kier alpha value is -1.77. The topological polar surface area (TPSA) is 108 Å². The van der Waals surface area contributed by atoms with Crippen molar-refractivity contribution in [3.8, 4) is 0 Å². The first-order valence-electron chi connectivity index (χ1n) is 8.73. The number of hydrogen-bond donors (Lipinski definition) is 1. The van der Waals surface area contributed by atoms with Crippen molar-refractivity contribution in [3.63, 3.8) is 0 Å². The lowest BCUT2D eigenvalue weighted by molar-refractivity contribution is -0.162. The van der Waals surface area contributed by atoms with Crippen LogP contribution in [0.1, 0.15) is 47.0 Å². The lowest BCUT2D eigenvalue weighted by atomic mass is 10.0. The Kier molecular flexibility index (Phi) is 13.4. The second kappa shape index (κ2) is 14.4. The average Bonchev–Trinajstić information content (AvgIpc) is 2.55. The molecular formula is C17H29NO7S. The Morgan fingerprint density at radius 2 is 1.42 bits per heavy atom. The normalized spacial score (nSPS) is 11.6. The summed E-state index contributed by atoms with van der Waals surface area (Å²) in [5.74, 6) is -2.39. The van der Waals surface area contributed by atoms with E-state index >= 15 is 0 Å². The maximum Gasteiger partial charge on any atom is 0.320 e. The first-order chi connectivity index (χ1) is 12.3. The molecule has 0 aliphatic heterocycles. The van der Waals surface area contributed by atoms with Crippen LogP contribution in [0.5, 0.6) is 0 Å². The van der Waals surface area contributed by atoms with Gasteiger partial charge >= 0.3 is 17.9 Å². The fourth-order valence-corrected chi connectivity index (χ4v) is 3.20. The van der Waals surface area contributed by atoms with Crippen LogP contribution in [0.4, 0.5) is 0 Å². The molecule has 0 heterocycles. The van der Waals surface area contributed by atoms with Crippen LogP contribution in [0.15, 0.2) is 0 Å². The highest BCUT2D eigenvalue weighted by Crippen LogP contribution is 2.20. The van der Waals surface area contributed by atoms with E-state index in [4.69, 9.17) is 14.2 Å². The molecule has 0 saturated carbocycles. The maximum absolute atomic E-state index is 12.0. The fraction of sp³-hybridized carbons (Fsp3) is 0.765. The molecule has 8 nitrogen and oxygen atoms in total. The molecule has 1 atom stereocenters. The molecule has 0 aromatic heterocycles. The Morgan fingerprint density at radius 3 is 1.88 bits per heavy atom. The summed E-state index contributed by atoms with van der Waals surface area (Å²) in [5.41, 5.74) is 0. The quantitative estimate of drug-likeness (QED) is 0.219. The summed E-state index contributed by atoms with van der Waals surface area (Å²) in [6.45, 7) is 7.08. The minimum atomic E-state index is -1.03. The molecule has 0 spiro atoms. The number of rotatable bonds is 13. The smallest absolute Gasteiger partial charge is 0.320 e. The highest BCUT2D eigenvalue weighted by molar-refractivity contribution is 7.99. The number of carbonyl (C=O) groups excluding carboxylic acids is 4. The van der Waals surface area contributed by atoms with Gasteiger partial charge in [0.25, 0.3) is 0 Å². The van der Waals surface area contributed by atoms with Gasteiger partial charge in [0.1, 0.15) is 0 Å². The van der Waals surface area contributed by atoms with E-state index in [1.165, 1.54) is 18.7 Å². The van der Waals surface area contributed by atoms with Crippen molar-refractivity contribution in [2.75, 3.05) is 25.6 Å². The van der Waals surface area contributed by atoms with E-state index in [0.717, 1.165) is 0 Å². The van der Waals surface area contributed by atoms with Crippen molar-refractivity contribution in [2.45, 2.75) is 52.3 Å². The number of carbonyl (C=O) groups is 4. The molecule has 9 heteroatoms. The van der Waals surface area contributed by atoms with Crippen molar-refractivity contribution in [2.24, 2.45) is 5.92 Å². The van der Waals surface area contributed by atoms with Gasteiger partial charge in [-0.2, -0.15) is 0 Å². The van der Waals surface area contributed by atoms with Crippen molar-refractivity contribution < 1.29 is 33.4 Å². The highest BCUT2D eigenvalue weighted by Gasteiger charge is 2.30. The third-order valence-electron chi connectivity index (χ3n) is 3.15. The minimum Gasteiger partial charge on any atom is -0.466 e. The first kappa shape index (κ1) is 24.2. The molecule has 0 aromatic rings. The Labute approximate surface area is 158 Å². The van der Waals surface area contributed by atoms with Crippen molar-refractivity contribution in [3.05, 3.63) is 0 Å². The van der Waals surface area contributed by atoms with E-state index in [1.807, 2.05) is 0 Å². The number of ether oxygens (including phenoxy) is 3. The number of thioether (sulfide) groups is 1. The number of nitrogens with one attached hydrogen (secondary N) is 1. The summed E-state index contributed by atoms with van der Waals surface area (Å²) in [6.07, 6.45) is 0.748. The first-order valence-corrected chi connectivity index (χ1v) is 9.78. The molecule has 1 amide bonds. The molecule has 0 radical (unpaired) electrons. The van der Waals surface area contributed by atoms with Crippen LogP contribution in [0, 0.1) is 5.92 Å². The third-order valence-corrected chi connectivity index (χ3v) is 4.35. The zero-order valence-electron chi connectivity index (χ0n) is 15.9. The summed E-state index contributed by atoms with van der Waals surface area (Å²) < 4.78 is 14.7. The Balaban J connectivity index is 4.72. The molecule has 0 bridgehead atoms. The minimum absolute atomic E-state index is 0.165. The Bertz CT molecular complexity index is 452. The highest BCUT2D eigenvalue weighted by atomic mass is 32.2. The van der Waals surface area contributed by atoms with Crippen LogP contribution in [0.2, 0.25) is 0 Å². The standard InChI is InChI=1S/C17H29NO7S/c1-5-23-15(20)10-11-26-14(18-12(4)19)9-8-13(16(21)24-6-2)17(22)25-7-3/h13-14H,5-11H2,1-4H3,(H,18,19). The zero-order valence-corrected chi connectivity index (χ0v) is 16.7. The Morgan fingerprint density at radius 1 is 0.885 bits per heavy atom. The molecule has 0 aromatic carbocycles. The molecule has 0 aliphatic rings. The molecule has 26 heavy (non-hydrogen) atoms. The number of hydrogen-bond acceptors (Lipinski definition) is 8. The number of amides is 1. The van der Waals surface area contributed by atoms with Gasteiger partial charge in [-0.3, -0.25) is 19.2 Å². The van der Waals surface area contributed by atoms with E-state index in [2.05, 4.69) is 5.32 Å². The summed E-state index contributed by atoms with van der Waals surface area (Å²) in [6, 6.07) is 0. The van der Waals surface area contributed by atoms with Crippen LogP contribution in [-0.2, 0) is 33.4 Å². The summed E-state index contributed by atoms with van der Waals surface area (Å²) >= 11 is 1.36. The molecule has 1 N–H and O–H groups in total. The van der Waals surface area contributed by atoms with Crippen LogP contribution in [0.3, 0.4) is 0 Å². The van der Waals surface area contributed by atoms with Gasteiger partial charge in [-0.1, -0.05) is 0 Å². The van der Waals surface area contributed by atoms with Gasteiger partial charge in [0, 0.05) is 12.7 Å². The van der Waals surface area contributed by atoms with E-state index in [-0.39, 0.29) is 43.3 Å². The summed E-state index contributed by atoms with van der Waals surface area (Å²) in [7, 11) is 0. The maximum atomic E-state index is 12.0. The molecule has 1 unspecified atom stereocenters. The summed E-state index contributed by atoms with van der Waals surface area (Å²) in [4.78, 5) is 46.7. The van der Waals surface area contributed by atoms with Gasteiger partial charge in [-0.25, -0.2) is 0 Å². The predicted molar refractivity (Wildman–Crippen MR) is 97.3 cm³/mol. The average molecular weight is 391 g/mol. The van der Waals surface area contributed by atoms with Gasteiger partial charge in [-0.05, 0) is 33.6 Å². The molecule has 0 saturated heterocycles. The van der Waals surface area contributed by atoms with Crippen LogP contribution >= 0.6 is 11.8 Å². The second-order valence-electron chi connectivity index (χ2n) is 5.25. The second-order valence-corrected chi connectivity index (χ2v) is 6.56. The van der Waals surface area contributed by atoms with E-state index in [0.29, 0.717) is 18.8 Å². The van der Waals surface area contributed by atoms with Crippen molar-refractivity contribution in [1.82, 2.24) is 5.32 Å².